The number of thiazole rings is 1. The number of fused-ring (bicyclic) bond motifs is 1. The van der Waals surface area contributed by atoms with Gasteiger partial charge in [0.15, 0.2) is 0 Å². The summed E-state index contributed by atoms with van der Waals surface area (Å²) in [7, 11) is 1.56. The molecule has 0 saturated carbocycles. The van der Waals surface area contributed by atoms with Gasteiger partial charge in [-0.2, -0.15) is 0 Å². The number of methoxy groups -OCH3 is 1. The number of ether oxygens (including phenoxy) is 1. The maximum absolute atomic E-state index is 12.8. The van der Waals surface area contributed by atoms with Crippen molar-refractivity contribution in [2.45, 2.75) is 18.9 Å². The van der Waals surface area contributed by atoms with E-state index < -0.39 is 0 Å². The van der Waals surface area contributed by atoms with Crippen molar-refractivity contribution in [1.29, 1.82) is 0 Å². The van der Waals surface area contributed by atoms with Crippen LogP contribution in [0.2, 0.25) is 0 Å². The highest BCUT2D eigenvalue weighted by Gasteiger charge is 2.30. The molecule has 5 rings (SSSR count). The number of hydrogen-bond acceptors (Lipinski definition) is 6. The minimum atomic E-state index is -0.247. The normalized spacial score (nSPS) is 15.7. The quantitative estimate of drug-likeness (QED) is 0.369. The first-order valence-electron chi connectivity index (χ1n) is 11.5. The average Bonchev–Trinajstić information content (AvgIpc) is 3.51. The van der Waals surface area contributed by atoms with Crippen molar-refractivity contribution in [3.8, 4) is 5.75 Å². The third-order valence-electron chi connectivity index (χ3n) is 6.09. The molecule has 2 N–H and O–H groups in total. The fourth-order valence-electron chi connectivity index (χ4n) is 4.36. The summed E-state index contributed by atoms with van der Waals surface area (Å²) in [5.74, 6) is 0.267. The Morgan fingerprint density at radius 1 is 1.03 bits per heavy atom. The molecule has 3 aromatic carbocycles. The molecule has 2 amide bonds. The molecular weight excluding hydrogens is 460 g/mol. The highest BCUT2D eigenvalue weighted by atomic mass is 32.1. The number of rotatable bonds is 7. The topological polar surface area (TPSA) is 83.6 Å². The van der Waals surface area contributed by atoms with Crippen molar-refractivity contribution in [3.63, 3.8) is 0 Å². The van der Waals surface area contributed by atoms with Gasteiger partial charge in [-0.05, 0) is 67.9 Å². The Kier molecular flexibility index (Phi) is 6.74. The molecule has 8 heteroatoms. The van der Waals surface area contributed by atoms with Gasteiger partial charge in [0.1, 0.15) is 10.8 Å². The van der Waals surface area contributed by atoms with Crippen LogP contribution >= 0.6 is 11.3 Å². The van der Waals surface area contributed by atoms with E-state index in [1.165, 1.54) is 4.70 Å². The van der Waals surface area contributed by atoms with Crippen LogP contribution in [0.25, 0.3) is 10.2 Å². The second kappa shape index (κ2) is 10.2. The Bertz CT molecular complexity index is 1320. The van der Waals surface area contributed by atoms with Gasteiger partial charge in [0.2, 0.25) is 5.91 Å². The molecule has 0 radical (unpaired) electrons. The van der Waals surface area contributed by atoms with Gasteiger partial charge in [-0.15, -0.1) is 11.3 Å². The van der Waals surface area contributed by atoms with Crippen molar-refractivity contribution in [2.24, 2.45) is 0 Å². The van der Waals surface area contributed by atoms with Crippen molar-refractivity contribution < 1.29 is 14.3 Å². The molecule has 1 fully saturated rings. The van der Waals surface area contributed by atoms with E-state index in [0.29, 0.717) is 29.2 Å². The van der Waals surface area contributed by atoms with E-state index in [1.54, 1.807) is 54.8 Å². The van der Waals surface area contributed by atoms with Gasteiger partial charge < -0.3 is 15.4 Å². The molecule has 2 heterocycles. The zero-order chi connectivity index (χ0) is 24.2. The van der Waals surface area contributed by atoms with Crippen LogP contribution in [-0.2, 0) is 4.79 Å². The zero-order valence-corrected chi connectivity index (χ0v) is 20.2. The van der Waals surface area contributed by atoms with Gasteiger partial charge in [-0.1, -0.05) is 24.3 Å². The predicted octanol–water partition coefficient (Wildman–Crippen LogP) is 5.33. The molecule has 1 aromatic heterocycles. The highest BCUT2D eigenvalue weighted by molar-refractivity contribution is 7.18. The van der Waals surface area contributed by atoms with Crippen molar-refractivity contribution in [2.75, 3.05) is 30.8 Å². The maximum Gasteiger partial charge on any atom is 0.255 e. The lowest BCUT2D eigenvalue weighted by Gasteiger charge is -2.22. The maximum atomic E-state index is 12.8. The SMILES string of the molecule is COc1ccccc1NC(=O)c1ccc(NC(=O)CN2CCCC2c2nc3ccccc3s2)cc1. The van der Waals surface area contributed by atoms with E-state index in [4.69, 9.17) is 9.72 Å². The number of carbonyl (C=O) groups excluding carboxylic acids is 2. The summed E-state index contributed by atoms with van der Waals surface area (Å²) in [6, 6.07) is 22.4. The van der Waals surface area contributed by atoms with Crippen LogP contribution in [0.1, 0.15) is 34.2 Å². The summed E-state index contributed by atoms with van der Waals surface area (Å²) >= 11 is 1.71. The number of para-hydroxylation sites is 3. The number of amides is 2. The predicted molar refractivity (Wildman–Crippen MR) is 139 cm³/mol. The fraction of sp³-hybridized carbons (Fsp3) is 0.222. The Labute approximate surface area is 207 Å². The first-order chi connectivity index (χ1) is 17.1. The molecule has 1 atom stereocenters. The fourth-order valence-corrected chi connectivity index (χ4v) is 5.50. The molecule has 0 bridgehead atoms. The lowest BCUT2D eigenvalue weighted by atomic mass is 10.2. The van der Waals surface area contributed by atoms with E-state index >= 15 is 0 Å². The Balaban J connectivity index is 1.19. The standard InChI is InChI=1S/C27H26N4O3S/c1-34-23-10-4-2-7-20(23)29-26(33)18-12-14-19(15-13-18)28-25(32)17-31-16-6-9-22(31)27-30-21-8-3-5-11-24(21)35-27/h2-5,7-8,10-15,22H,6,9,16-17H2,1H3,(H,28,32)(H,29,33). The van der Waals surface area contributed by atoms with Crippen molar-refractivity contribution in [3.05, 3.63) is 83.4 Å². The van der Waals surface area contributed by atoms with Crippen LogP contribution in [0.4, 0.5) is 11.4 Å². The third kappa shape index (κ3) is 5.18. The molecule has 178 valence electrons. The van der Waals surface area contributed by atoms with Crippen LogP contribution < -0.4 is 15.4 Å². The van der Waals surface area contributed by atoms with Gasteiger partial charge in [-0.3, -0.25) is 14.5 Å². The van der Waals surface area contributed by atoms with Gasteiger partial charge in [0.05, 0.1) is 35.6 Å². The molecule has 1 aliphatic rings. The molecular formula is C27H26N4O3S. The van der Waals surface area contributed by atoms with E-state index in [-0.39, 0.29) is 17.9 Å². The summed E-state index contributed by atoms with van der Waals surface area (Å²) in [5.41, 5.74) is 2.76. The van der Waals surface area contributed by atoms with Crippen LogP contribution in [-0.4, -0.2) is 41.9 Å². The highest BCUT2D eigenvalue weighted by Crippen LogP contribution is 2.36. The Morgan fingerprint density at radius 2 is 1.80 bits per heavy atom. The van der Waals surface area contributed by atoms with Gasteiger partial charge in [0.25, 0.3) is 5.91 Å². The van der Waals surface area contributed by atoms with Gasteiger partial charge >= 0.3 is 0 Å². The number of benzene rings is 3. The lowest BCUT2D eigenvalue weighted by Crippen LogP contribution is -2.32. The monoisotopic (exact) mass is 486 g/mol. The largest absolute Gasteiger partial charge is 0.495 e. The number of nitrogens with zero attached hydrogens (tertiary/aromatic N) is 2. The van der Waals surface area contributed by atoms with E-state index in [2.05, 4.69) is 21.6 Å². The van der Waals surface area contributed by atoms with Crippen LogP contribution in [0.5, 0.6) is 5.75 Å². The zero-order valence-electron chi connectivity index (χ0n) is 19.4. The smallest absolute Gasteiger partial charge is 0.255 e. The Morgan fingerprint density at radius 3 is 2.60 bits per heavy atom. The molecule has 1 aliphatic heterocycles. The number of aromatic nitrogens is 1. The second-order valence-electron chi connectivity index (χ2n) is 8.43. The molecule has 1 saturated heterocycles. The summed E-state index contributed by atoms with van der Waals surface area (Å²) in [6.07, 6.45) is 2.05. The van der Waals surface area contributed by atoms with E-state index in [1.807, 2.05) is 30.3 Å². The van der Waals surface area contributed by atoms with Crippen molar-refractivity contribution >= 4 is 44.7 Å². The minimum absolute atomic E-state index is 0.0794. The molecule has 35 heavy (non-hydrogen) atoms. The summed E-state index contributed by atoms with van der Waals surface area (Å²) < 4.78 is 6.46. The number of nitrogens with one attached hydrogen (secondary N) is 2. The first-order valence-corrected chi connectivity index (χ1v) is 12.4. The van der Waals surface area contributed by atoms with Crippen LogP contribution in [0.3, 0.4) is 0 Å². The molecule has 1 unspecified atom stereocenters. The Hall–Kier alpha value is -3.75. The lowest BCUT2D eigenvalue weighted by molar-refractivity contribution is -0.117. The summed E-state index contributed by atoms with van der Waals surface area (Å²) in [4.78, 5) is 32.4. The molecule has 7 nitrogen and oxygen atoms in total. The third-order valence-corrected chi connectivity index (χ3v) is 7.23. The van der Waals surface area contributed by atoms with Crippen LogP contribution in [0, 0.1) is 0 Å². The second-order valence-corrected chi connectivity index (χ2v) is 9.49. The van der Waals surface area contributed by atoms with Crippen molar-refractivity contribution in [1.82, 2.24) is 9.88 Å². The van der Waals surface area contributed by atoms with Gasteiger partial charge in [0, 0.05) is 11.3 Å². The number of hydrogen-bond donors (Lipinski definition) is 2. The number of likely N-dealkylation sites (tertiary alicyclic amines) is 1. The van der Waals surface area contributed by atoms with Crippen LogP contribution in [0.15, 0.2) is 72.8 Å². The first kappa shape index (κ1) is 23.0. The van der Waals surface area contributed by atoms with E-state index in [0.717, 1.165) is 29.9 Å². The summed E-state index contributed by atoms with van der Waals surface area (Å²) in [5, 5.41) is 6.88. The minimum Gasteiger partial charge on any atom is -0.495 e. The molecule has 0 spiro atoms. The number of anilines is 2. The molecule has 0 aliphatic carbocycles. The van der Waals surface area contributed by atoms with Gasteiger partial charge in [-0.25, -0.2) is 4.98 Å². The van der Waals surface area contributed by atoms with E-state index in [9.17, 15) is 9.59 Å². The number of carbonyl (C=O) groups is 2. The summed E-state index contributed by atoms with van der Waals surface area (Å²) in [6.45, 7) is 1.17. The molecule has 4 aromatic rings. The average molecular weight is 487 g/mol.